The van der Waals surface area contributed by atoms with E-state index in [2.05, 4.69) is 22.0 Å². The SMILES string of the molecule is CCOC(=O)C(CN1CC2CCCN2CC1C)NC1CC1. The second kappa shape index (κ2) is 6.63. The average Bonchev–Trinajstić information content (AvgIpc) is 3.16. The highest BCUT2D eigenvalue weighted by Crippen LogP contribution is 2.25. The number of fused-ring (bicyclic) bond motifs is 1. The van der Waals surface area contributed by atoms with Gasteiger partial charge in [-0.05, 0) is 46.1 Å². The Kier molecular flexibility index (Phi) is 4.82. The molecular formula is C16H29N3O2. The van der Waals surface area contributed by atoms with Gasteiger partial charge in [0.2, 0.25) is 0 Å². The van der Waals surface area contributed by atoms with Crippen molar-refractivity contribution in [3.8, 4) is 0 Å². The van der Waals surface area contributed by atoms with Crippen molar-refractivity contribution >= 4 is 5.97 Å². The average molecular weight is 295 g/mol. The van der Waals surface area contributed by atoms with Crippen LogP contribution in [0.1, 0.15) is 39.5 Å². The fourth-order valence-electron chi connectivity index (χ4n) is 3.71. The standard InChI is InChI=1S/C16H29N3O2/c1-3-21-16(20)15(17-13-6-7-13)11-19-10-14-5-4-8-18(14)9-12(19)2/h12-15,17H,3-11H2,1-2H3. The number of nitrogens with one attached hydrogen (secondary N) is 1. The molecule has 120 valence electrons. The van der Waals surface area contributed by atoms with Crippen LogP contribution in [0.15, 0.2) is 0 Å². The van der Waals surface area contributed by atoms with Crippen LogP contribution in [-0.4, -0.2) is 72.7 Å². The third-order valence-electron chi connectivity index (χ3n) is 5.07. The van der Waals surface area contributed by atoms with Crippen molar-refractivity contribution in [2.24, 2.45) is 0 Å². The number of nitrogens with zero attached hydrogens (tertiary/aromatic N) is 2. The molecule has 5 nitrogen and oxygen atoms in total. The van der Waals surface area contributed by atoms with Crippen LogP contribution >= 0.6 is 0 Å². The number of esters is 1. The van der Waals surface area contributed by atoms with Gasteiger partial charge in [-0.15, -0.1) is 0 Å². The maximum Gasteiger partial charge on any atom is 0.324 e. The Balaban J connectivity index is 1.59. The van der Waals surface area contributed by atoms with E-state index in [0.29, 0.717) is 24.7 Å². The molecule has 21 heavy (non-hydrogen) atoms. The van der Waals surface area contributed by atoms with Crippen molar-refractivity contribution < 1.29 is 9.53 Å². The first kappa shape index (κ1) is 15.3. The molecule has 0 radical (unpaired) electrons. The van der Waals surface area contributed by atoms with Gasteiger partial charge in [-0.3, -0.25) is 14.6 Å². The van der Waals surface area contributed by atoms with Gasteiger partial charge in [0.25, 0.3) is 0 Å². The van der Waals surface area contributed by atoms with Crippen molar-refractivity contribution in [3.63, 3.8) is 0 Å². The lowest BCUT2D eigenvalue weighted by Crippen LogP contribution is -2.59. The molecule has 2 saturated heterocycles. The Morgan fingerprint density at radius 1 is 1.33 bits per heavy atom. The quantitative estimate of drug-likeness (QED) is 0.736. The van der Waals surface area contributed by atoms with E-state index in [1.54, 1.807) is 0 Å². The highest BCUT2D eigenvalue weighted by molar-refractivity contribution is 5.76. The van der Waals surface area contributed by atoms with E-state index < -0.39 is 0 Å². The van der Waals surface area contributed by atoms with E-state index >= 15 is 0 Å². The van der Waals surface area contributed by atoms with Crippen LogP contribution in [0.3, 0.4) is 0 Å². The zero-order valence-electron chi connectivity index (χ0n) is 13.4. The molecule has 2 heterocycles. The second-order valence-corrected chi connectivity index (χ2v) is 6.84. The lowest BCUT2D eigenvalue weighted by atomic mass is 10.1. The van der Waals surface area contributed by atoms with Crippen molar-refractivity contribution in [3.05, 3.63) is 0 Å². The molecule has 3 rings (SSSR count). The summed E-state index contributed by atoms with van der Waals surface area (Å²) >= 11 is 0. The summed E-state index contributed by atoms with van der Waals surface area (Å²) in [6.45, 7) is 8.92. The Hall–Kier alpha value is -0.650. The molecule has 0 bridgehead atoms. The number of piperazine rings is 1. The summed E-state index contributed by atoms with van der Waals surface area (Å²) in [7, 11) is 0. The first-order chi connectivity index (χ1) is 10.2. The van der Waals surface area contributed by atoms with Crippen molar-refractivity contribution in [1.82, 2.24) is 15.1 Å². The van der Waals surface area contributed by atoms with Gasteiger partial charge in [-0.2, -0.15) is 0 Å². The molecule has 5 heteroatoms. The summed E-state index contributed by atoms with van der Waals surface area (Å²) in [4.78, 5) is 17.3. The van der Waals surface area contributed by atoms with Crippen molar-refractivity contribution in [2.75, 3.05) is 32.8 Å². The summed E-state index contributed by atoms with van der Waals surface area (Å²) in [6, 6.07) is 1.59. The summed E-state index contributed by atoms with van der Waals surface area (Å²) in [5, 5.41) is 3.47. The number of rotatable bonds is 6. The number of hydrogen-bond acceptors (Lipinski definition) is 5. The number of carbonyl (C=O) groups is 1. The minimum atomic E-state index is -0.159. The molecule has 3 fully saturated rings. The van der Waals surface area contributed by atoms with E-state index in [4.69, 9.17) is 4.74 Å². The highest BCUT2D eigenvalue weighted by atomic mass is 16.5. The summed E-state index contributed by atoms with van der Waals surface area (Å²) in [6.07, 6.45) is 5.03. The molecule has 3 unspecified atom stereocenters. The molecule has 0 aromatic heterocycles. The molecular weight excluding hydrogens is 266 g/mol. The Morgan fingerprint density at radius 3 is 2.86 bits per heavy atom. The zero-order valence-corrected chi connectivity index (χ0v) is 13.4. The fourth-order valence-corrected chi connectivity index (χ4v) is 3.71. The van der Waals surface area contributed by atoms with Gasteiger partial charge >= 0.3 is 5.97 Å². The molecule has 0 aromatic rings. The van der Waals surface area contributed by atoms with E-state index in [0.717, 1.165) is 19.6 Å². The first-order valence-electron chi connectivity index (χ1n) is 8.58. The minimum absolute atomic E-state index is 0.0783. The Bertz CT molecular complexity index is 373. The van der Waals surface area contributed by atoms with Crippen LogP contribution < -0.4 is 5.32 Å². The van der Waals surface area contributed by atoms with Crippen LogP contribution in [0.25, 0.3) is 0 Å². The van der Waals surface area contributed by atoms with Crippen LogP contribution in [0.5, 0.6) is 0 Å². The molecule has 1 saturated carbocycles. The van der Waals surface area contributed by atoms with Gasteiger partial charge in [0.1, 0.15) is 6.04 Å². The van der Waals surface area contributed by atoms with Crippen LogP contribution in [0.2, 0.25) is 0 Å². The number of ether oxygens (including phenoxy) is 1. The molecule has 3 aliphatic rings. The molecule has 1 aliphatic carbocycles. The largest absolute Gasteiger partial charge is 0.465 e. The van der Waals surface area contributed by atoms with Crippen molar-refractivity contribution in [1.29, 1.82) is 0 Å². The third kappa shape index (κ3) is 3.76. The van der Waals surface area contributed by atoms with Gasteiger partial charge in [-0.25, -0.2) is 0 Å². The van der Waals surface area contributed by atoms with E-state index in [1.807, 2.05) is 6.92 Å². The van der Waals surface area contributed by atoms with Gasteiger partial charge in [0.05, 0.1) is 6.61 Å². The lowest BCUT2D eigenvalue weighted by molar-refractivity contribution is -0.146. The smallest absolute Gasteiger partial charge is 0.324 e. The predicted molar refractivity (Wildman–Crippen MR) is 82.2 cm³/mol. The summed E-state index contributed by atoms with van der Waals surface area (Å²) in [5.74, 6) is -0.0783. The maximum atomic E-state index is 12.2. The lowest BCUT2D eigenvalue weighted by Gasteiger charge is -2.43. The topological polar surface area (TPSA) is 44.8 Å². The Morgan fingerprint density at radius 2 is 2.14 bits per heavy atom. The summed E-state index contributed by atoms with van der Waals surface area (Å²) < 4.78 is 5.26. The van der Waals surface area contributed by atoms with Gasteiger partial charge < -0.3 is 10.1 Å². The minimum Gasteiger partial charge on any atom is -0.465 e. The summed E-state index contributed by atoms with van der Waals surface area (Å²) in [5.41, 5.74) is 0. The predicted octanol–water partition coefficient (Wildman–Crippen LogP) is 0.839. The second-order valence-electron chi connectivity index (χ2n) is 6.84. The molecule has 1 N–H and O–H groups in total. The van der Waals surface area contributed by atoms with E-state index in [1.165, 1.54) is 32.2 Å². The van der Waals surface area contributed by atoms with Gasteiger partial charge in [0, 0.05) is 37.8 Å². The first-order valence-corrected chi connectivity index (χ1v) is 8.58. The fraction of sp³-hybridized carbons (Fsp3) is 0.938. The molecule has 0 amide bonds. The van der Waals surface area contributed by atoms with Crippen LogP contribution in [0, 0.1) is 0 Å². The van der Waals surface area contributed by atoms with Gasteiger partial charge in [0.15, 0.2) is 0 Å². The maximum absolute atomic E-state index is 12.2. The molecule has 0 spiro atoms. The Labute approximate surface area is 128 Å². The normalized spacial score (nSPS) is 31.9. The highest BCUT2D eigenvalue weighted by Gasteiger charge is 2.37. The number of hydrogen-bond donors (Lipinski definition) is 1. The molecule has 0 aromatic carbocycles. The zero-order chi connectivity index (χ0) is 14.8. The third-order valence-corrected chi connectivity index (χ3v) is 5.07. The van der Waals surface area contributed by atoms with Crippen molar-refractivity contribution in [2.45, 2.75) is 63.7 Å². The van der Waals surface area contributed by atoms with Crippen LogP contribution in [-0.2, 0) is 9.53 Å². The van der Waals surface area contributed by atoms with Crippen LogP contribution in [0.4, 0.5) is 0 Å². The molecule has 3 atom stereocenters. The van der Waals surface area contributed by atoms with E-state index in [9.17, 15) is 4.79 Å². The van der Waals surface area contributed by atoms with Gasteiger partial charge in [-0.1, -0.05) is 0 Å². The van der Waals surface area contributed by atoms with E-state index in [-0.39, 0.29) is 12.0 Å². The number of carbonyl (C=O) groups excluding carboxylic acids is 1. The monoisotopic (exact) mass is 295 g/mol. The molecule has 2 aliphatic heterocycles.